The van der Waals surface area contributed by atoms with Gasteiger partial charge in [-0.3, -0.25) is 10.1 Å². The topological polar surface area (TPSA) is 79.6 Å². The fraction of sp³-hybridized carbons (Fsp3) is 0.533. The smallest absolute Gasteiger partial charge is 0.269 e. The van der Waals surface area contributed by atoms with Gasteiger partial charge in [0.2, 0.25) is 0 Å². The van der Waals surface area contributed by atoms with Crippen LogP contribution in [0.2, 0.25) is 0 Å². The molecule has 1 aromatic rings. The Hall–Kier alpha value is -1.38. The van der Waals surface area contributed by atoms with Crippen LogP contribution >= 0.6 is 24.0 Å². The highest BCUT2D eigenvalue weighted by Crippen LogP contribution is 2.12. The van der Waals surface area contributed by atoms with Gasteiger partial charge >= 0.3 is 0 Å². The molecule has 0 atom stereocenters. The van der Waals surface area contributed by atoms with E-state index >= 15 is 0 Å². The number of nitro groups is 1. The Balaban J connectivity index is 0.00000441. The van der Waals surface area contributed by atoms with Crippen molar-refractivity contribution in [3.8, 4) is 0 Å². The normalized spacial score (nSPS) is 11.0. The molecule has 0 spiro atoms. The van der Waals surface area contributed by atoms with Crippen molar-refractivity contribution >= 4 is 35.6 Å². The first-order chi connectivity index (χ1) is 10.0. The van der Waals surface area contributed by atoms with Crippen molar-refractivity contribution in [1.82, 2.24) is 10.6 Å². The fourth-order valence-corrected chi connectivity index (χ4v) is 1.61. The van der Waals surface area contributed by atoms with Crippen LogP contribution in [0.4, 0.5) is 5.69 Å². The van der Waals surface area contributed by atoms with Crippen LogP contribution in [-0.4, -0.2) is 24.0 Å². The number of nitrogens with zero attached hydrogens (tertiary/aromatic N) is 2. The van der Waals surface area contributed by atoms with Crippen LogP contribution in [0.25, 0.3) is 0 Å². The summed E-state index contributed by atoms with van der Waals surface area (Å²) in [5.74, 6) is 1.32. The standard InChI is InChI=1S/C15H24N4O2.HI/c1-4-9-16-15(17-10-12(2)3)18-11-13-5-7-14(8-6-13)19(20)21;/h5-8,12H,4,9-11H2,1-3H3,(H2,16,17,18);1H. The molecule has 1 aromatic carbocycles. The second kappa shape index (κ2) is 11.2. The Kier molecular flexibility index (Phi) is 10.5. The average Bonchev–Trinajstić information content (AvgIpc) is 2.46. The Labute approximate surface area is 149 Å². The van der Waals surface area contributed by atoms with E-state index in [1.807, 2.05) is 0 Å². The monoisotopic (exact) mass is 420 g/mol. The Morgan fingerprint density at radius 3 is 2.41 bits per heavy atom. The number of non-ortho nitro benzene ring substituents is 1. The van der Waals surface area contributed by atoms with E-state index < -0.39 is 4.92 Å². The fourth-order valence-electron chi connectivity index (χ4n) is 1.61. The van der Waals surface area contributed by atoms with Crippen molar-refractivity contribution < 1.29 is 4.92 Å². The van der Waals surface area contributed by atoms with Gasteiger partial charge in [-0.25, -0.2) is 4.99 Å². The van der Waals surface area contributed by atoms with Crippen LogP contribution in [0, 0.1) is 16.0 Å². The number of hydrogen-bond acceptors (Lipinski definition) is 3. The highest BCUT2D eigenvalue weighted by molar-refractivity contribution is 14.0. The lowest BCUT2D eigenvalue weighted by Crippen LogP contribution is -2.39. The maximum Gasteiger partial charge on any atom is 0.269 e. The number of hydrogen-bond donors (Lipinski definition) is 2. The molecule has 0 aliphatic carbocycles. The summed E-state index contributed by atoms with van der Waals surface area (Å²) >= 11 is 0. The quantitative estimate of drug-likeness (QED) is 0.233. The molecule has 1 rings (SSSR count). The van der Waals surface area contributed by atoms with Crippen LogP contribution in [-0.2, 0) is 6.54 Å². The molecule has 0 heterocycles. The molecular formula is C15H25IN4O2. The minimum Gasteiger partial charge on any atom is -0.356 e. The molecule has 0 saturated heterocycles. The SMILES string of the molecule is CCCNC(=NCc1ccc([N+](=O)[O-])cc1)NCC(C)C.I. The van der Waals surface area contributed by atoms with Gasteiger partial charge in [-0.15, -0.1) is 24.0 Å². The van der Waals surface area contributed by atoms with Crippen LogP contribution in [0.15, 0.2) is 29.3 Å². The summed E-state index contributed by atoms with van der Waals surface area (Å²) < 4.78 is 0. The van der Waals surface area contributed by atoms with Gasteiger partial charge < -0.3 is 10.6 Å². The molecule has 0 radical (unpaired) electrons. The van der Waals surface area contributed by atoms with E-state index in [9.17, 15) is 10.1 Å². The molecule has 0 aromatic heterocycles. The molecule has 0 saturated carbocycles. The molecule has 0 fully saturated rings. The van der Waals surface area contributed by atoms with E-state index in [-0.39, 0.29) is 29.7 Å². The summed E-state index contributed by atoms with van der Waals surface area (Å²) in [5.41, 5.74) is 1.05. The Morgan fingerprint density at radius 2 is 1.91 bits per heavy atom. The van der Waals surface area contributed by atoms with Gasteiger partial charge in [0.05, 0.1) is 11.5 Å². The summed E-state index contributed by atoms with van der Waals surface area (Å²) in [5, 5.41) is 17.1. The molecule has 22 heavy (non-hydrogen) atoms. The van der Waals surface area contributed by atoms with Crippen molar-refractivity contribution in [2.45, 2.75) is 33.7 Å². The summed E-state index contributed by atoms with van der Waals surface area (Å²) in [6, 6.07) is 6.49. The molecular weight excluding hydrogens is 395 g/mol. The van der Waals surface area contributed by atoms with Crippen molar-refractivity contribution in [2.75, 3.05) is 13.1 Å². The lowest BCUT2D eigenvalue weighted by molar-refractivity contribution is -0.384. The van der Waals surface area contributed by atoms with Crippen LogP contribution in [0.1, 0.15) is 32.8 Å². The molecule has 2 N–H and O–H groups in total. The second-order valence-corrected chi connectivity index (χ2v) is 5.29. The van der Waals surface area contributed by atoms with Crippen molar-refractivity contribution in [3.63, 3.8) is 0 Å². The number of guanidine groups is 1. The van der Waals surface area contributed by atoms with Crippen LogP contribution < -0.4 is 10.6 Å². The third-order valence-electron chi connectivity index (χ3n) is 2.79. The zero-order valence-corrected chi connectivity index (χ0v) is 15.7. The van der Waals surface area contributed by atoms with Gasteiger partial charge in [-0.1, -0.05) is 32.9 Å². The molecule has 0 amide bonds. The molecule has 6 nitrogen and oxygen atoms in total. The van der Waals surface area contributed by atoms with Gasteiger partial charge in [0.25, 0.3) is 5.69 Å². The maximum absolute atomic E-state index is 10.6. The first kappa shape index (κ1) is 20.6. The predicted octanol–water partition coefficient (Wildman–Crippen LogP) is 3.31. The van der Waals surface area contributed by atoms with E-state index in [2.05, 4.69) is 36.4 Å². The van der Waals surface area contributed by atoms with E-state index in [1.165, 1.54) is 12.1 Å². The third-order valence-corrected chi connectivity index (χ3v) is 2.79. The highest BCUT2D eigenvalue weighted by Gasteiger charge is 2.04. The van der Waals surface area contributed by atoms with Gasteiger partial charge in [0, 0.05) is 25.2 Å². The van der Waals surface area contributed by atoms with E-state index in [0.29, 0.717) is 12.5 Å². The summed E-state index contributed by atoms with van der Waals surface area (Å²) in [6.45, 7) is 8.60. The lowest BCUT2D eigenvalue weighted by Gasteiger charge is -2.13. The van der Waals surface area contributed by atoms with Crippen molar-refractivity contribution in [3.05, 3.63) is 39.9 Å². The number of halogens is 1. The molecule has 0 aliphatic heterocycles. The van der Waals surface area contributed by atoms with Crippen LogP contribution in [0.3, 0.4) is 0 Å². The molecule has 7 heteroatoms. The highest BCUT2D eigenvalue weighted by atomic mass is 127. The van der Waals surface area contributed by atoms with E-state index in [0.717, 1.165) is 31.0 Å². The van der Waals surface area contributed by atoms with E-state index in [4.69, 9.17) is 0 Å². The minimum atomic E-state index is -0.397. The number of benzene rings is 1. The number of rotatable bonds is 7. The largest absolute Gasteiger partial charge is 0.356 e. The van der Waals surface area contributed by atoms with Gasteiger partial charge in [-0.05, 0) is 17.9 Å². The van der Waals surface area contributed by atoms with Gasteiger partial charge in [-0.2, -0.15) is 0 Å². The maximum atomic E-state index is 10.6. The van der Waals surface area contributed by atoms with E-state index in [1.54, 1.807) is 12.1 Å². The first-order valence-electron chi connectivity index (χ1n) is 7.28. The molecule has 124 valence electrons. The Morgan fingerprint density at radius 1 is 1.27 bits per heavy atom. The molecule has 0 bridgehead atoms. The second-order valence-electron chi connectivity index (χ2n) is 5.29. The molecule has 0 aliphatic rings. The third kappa shape index (κ3) is 8.16. The summed E-state index contributed by atoms with van der Waals surface area (Å²) in [7, 11) is 0. The summed E-state index contributed by atoms with van der Waals surface area (Å²) in [6.07, 6.45) is 1.03. The number of aliphatic imine (C=N–C) groups is 1. The zero-order valence-electron chi connectivity index (χ0n) is 13.3. The van der Waals surface area contributed by atoms with Crippen LogP contribution in [0.5, 0.6) is 0 Å². The summed E-state index contributed by atoms with van der Waals surface area (Å²) in [4.78, 5) is 14.7. The lowest BCUT2D eigenvalue weighted by atomic mass is 10.2. The number of nitrogens with one attached hydrogen (secondary N) is 2. The average molecular weight is 420 g/mol. The Bertz CT molecular complexity index is 475. The zero-order chi connectivity index (χ0) is 15.7. The number of nitro benzene ring substituents is 1. The van der Waals surface area contributed by atoms with Crippen molar-refractivity contribution in [2.24, 2.45) is 10.9 Å². The van der Waals surface area contributed by atoms with Gasteiger partial charge in [0.1, 0.15) is 0 Å². The molecule has 0 unspecified atom stereocenters. The first-order valence-corrected chi connectivity index (χ1v) is 7.28. The van der Waals surface area contributed by atoms with Gasteiger partial charge in [0.15, 0.2) is 5.96 Å². The predicted molar refractivity (Wildman–Crippen MR) is 101 cm³/mol. The minimum absolute atomic E-state index is 0. The van der Waals surface area contributed by atoms with Crippen molar-refractivity contribution in [1.29, 1.82) is 0 Å².